The maximum atomic E-state index is 6.49. The zero-order valence-electron chi connectivity index (χ0n) is 30.3. The Balaban J connectivity index is 0.00000396. The molecule has 9 heteroatoms. The van der Waals surface area contributed by atoms with E-state index < -0.39 is 7.05 Å². The quantitative estimate of drug-likeness (QED) is 0.0909. The van der Waals surface area contributed by atoms with E-state index in [1.807, 2.05) is 71.3 Å². The van der Waals surface area contributed by atoms with Crippen LogP contribution in [0, 0.1) is 18.5 Å². The molecule has 0 unspecified atom stereocenters. The topological polar surface area (TPSA) is 48.3 Å². The first-order chi connectivity index (χ1) is 27.8. The first-order valence-electron chi connectivity index (χ1n) is 18.5. The Morgan fingerprint density at radius 2 is 1.21 bits per heavy atom. The number of fused-ring (bicyclic) bond motifs is 5. The van der Waals surface area contributed by atoms with Gasteiger partial charge in [0.05, 0.1) is 33.4 Å². The Morgan fingerprint density at radius 1 is 0.579 bits per heavy atom. The third kappa shape index (κ3) is 5.88. The molecule has 11 rings (SSSR count). The van der Waals surface area contributed by atoms with Crippen LogP contribution in [0.25, 0.3) is 49.9 Å². The van der Waals surface area contributed by atoms with Crippen molar-refractivity contribution in [2.75, 3.05) is 4.81 Å². The minimum atomic E-state index is -0.396. The first kappa shape index (κ1) is 34.6. The zero-order chi connectivity index (χ0) is 37.0. The van der Waals surface area contributed by atoms with Crippen molar-refractivity contribution in [3.05, 3.63) is 201 Å². The van der Waals surface area contributed by atoms with E-state index in [0.717, 1.165) is 56.1 Å². The van der Waals surface area contributed by atoms with Crippen LogP contribution in [-0.2, 0) is 21.1 Å². The second-order valence-electron chi connectivity index (χ2n) is 13.6. The van der Waals surface area contributed by atoms with Crippen molar-refractivity contribution in [2.45, 2.75) is 0 Å². The number of para-hydroxylation sites is 6. The molecule has 0 aliphatic carbocycles. The van der Waals surface area contributed by atoms with Crippen molar-refractivity contribution in [3.8, 4) is 34.3 Å². The average Bonchev–Trinajstić information content (AvgIpc) is 3.95. The fourth-order valence-electron chi connectivity index (χ4n) is 7.84. The number of imidazole rings is 1. The van der Waals surface area contributed by atoms with Crippen LogP contribution in [-0.4, -0.2) is 21.2 Å². The molecule has 10 aromatic rings. The summed E-state index contributed by atoms with van der Waals surface area (Å²) in [6.45, 7) is 0. The molecule has 0 N–H and O–H groups in total. The predicted octanol–water partition coefficient (Wildman–Crippen LogP) is 9.52. The van der Waals surface area contributed by atoms with E-state index in [9.17, 15) is 0 Å². The van der Waals surface area contributed by atoms with Crippen LogP contribution in [0.4, 0.5) is 11.5 Å². The van der Waals surface area contributed by atoms with Gasteiger partial charge in [-0.3, -0.25) is 4.57 Å². The molecule has 57 heavy (non-hydrogen) atoms. The van der Waals surface area contributed by atoms with Gasteiger partial charge in [0.15, 0.2) is 5.82 Å². The predicted molar refractivity (Wildman–Crippen MR) is 221 cm³/mol. The SMILES string of the molecule is [Pt].[c-]1c(Oc2[c-]c(-n3[c-][n+](-c4ccccc4-n4c5ccccc5c5ccccc54)c4ccccc43)ccc2)cccc1N1B(c2ccccc2)Oc2cccnc21. The molecule has 4 heterocycles. The van der Waals surface area contributed by atoms with E-state index in [-0.39, 0.29) is 21.1 Å². The van der Waals surface area contributed by atoms with E-state index in [1.165, 1.54) is 10.8 Å². The summed E-state index contributed by atoms with van der Waals surface area (Å²) in [7, 11) is -0.396. The van der Waals surface area contributed by atoms with Crippen molar-refractivity contribution < 1.29 is 35.0 Å². The number of rotatable bonds is 7. The molecule has 1 aliphatic rings. The van der Waals surface area contributed by atoms with Gasteiger partial charge in [0.1, 0.15) is 5.75 Å². The summed E-state index contributed by atoms with van der Waals surface area (Å²) in [5.41, 5.74) is 8.93. The Morgan fingerprint density at radius 3 is 1.98 bits per heavy atom. The van der Waals surface area contributed by atoms with Crippen LogP contribution in [0.3, 0.4) is 0 Å². The molecule has 7 nitrogen and oxygen atoms in total. The van der Waals surface area contributed by atoms with Crippen molar-refractivity contribution in [1.29, 1.82) is 0 Å². The van der Waals surface area contributed by atoms with Gasteiger partial charge < -0.3 is 23.3 Å². The minimum Gasteiger partial charge on any atom is -0.535 e. The van der Waals surface area contributed by atoms with Gasteiger partial charge >= 0.3 is 7.05 Å². The van der Waals surface area contributed by atoms with E-state index in [0.29, 0.717) is 17.2 Å². The average molecular weight is 915 g/mol. The van der Waals surface area contributed by atoms with Crippen LogP contribution in [0.2, 0.25) is 0 Å². The molecule has 0 saturated heterocycles. The van der Waals surface area contributed by atoms with Crippen molar-refractivity contribution in [2.24, 2.45) is 0 Å². The number of anilines is 2. The maximum Gasteiger partial charge on any atom is 0.523 e. The normalized spacial score (nSPS) is 12.1. The van der Waals surface area contributed by atoms with Gasteiger partial charge in [-0.2, -0.15) is 18.2 Å². The third-order valence-corrected chi connectivity index (χ3v) is 10.3. The summed E-state index contributed by atoms with van der Waals surface area (Å²) < 4.78 is 19.4. The molecule has 0 fully saturated rings. The van der Waals surface area contributed by atoms with E-state index in [2.05, 4.69) is 147 Å². The van der Waals surface area contributed by atoms with Gasteiger partial charge in [0.25, 0.3) is 6.33 Å². The van der Waals surface area contributed by atoms with Crippen LogP contribution < -0.4 is 24.2 Å². The summed E-state index contributed by atoms with van der Waals surface area (Å²) in [6.07, 6.45) is 5.46. The molecule has 0 spiro atoms. The number of hydrogen-bond donors (Lipinski definition) is 0. The van der Waals surface area contributed by atoms with E-state index in [4.69, 9.17) is 9.39 Å². The fraction of sp³-hybridized carbons (Fsp3) is 0. The second kappa shape index (κ2) is 14.3. The molecule has 1 aliphatic heterocycles. The molecule has 0 atom stereocenters. The third-order valence-electron chi connectivity index (χ3n) is 10.3. The zero-order valence-corrected chi connectivity index (χ0v) is 32.5. The van der Waals surface area contributed by atoms with Crippen molar-refractivity contribution in [1.82, 2.24) is 14.1 Å². The molecule has 0 amide bonds. The molecule has 7 aromatic carbocycles. The molecule has 0 bridgehead atoms. The molecule has 0 radical (unpaired) electrons. The van der Waals surface area contributed by atoms with Gasteiger partial charge in [-0.15, -0.1) is 30.3 Å². The summed E-state index contributed by atoms with van der Waals surface area (Å²) in [6, 6.07) is 66.7. The number of pyridine rings is 1. The summed E-state index contributed by atoms with van der Waals surface area (Å²) in [5, 5.41) is 2.43. The van der Waals surface area contributed by atoms with Crippen molar-refractivity contribution >= 4 is 56.9 Å². The molecule has 274 valence electrons. The second-order valence-corrected chi connectivity index (χ2v) is 13.6. The Bertz CT molecular complexity index is 3040. The Hall–Kier alpha value is -6.89. The number of hydrogen-bond acceptors (Lipinski definition) is 4. The number of aromatic nitrogens is 4. The van der Waals surface area contributed by atoms with Gasteiger partial charge in [0, 0.05) is 49.5 Å². The number of benzene rings is 7. The molecular weight excluding hydrogens is 884 g/mol. The standard InChI is InChI=1S/C48H30BN5O2.Pt/c1-2-15-34(16-3-1)49-54(48-47(56-49)29-14-30-50-48)36-18-13-20-38(32-36)55-37-19-12-17-35(31-37)51-33-52(44-26-9-8-25-43(44)51)45-27-10-11-28-46(45)53-41-23-6-4-21-39(41)40-22-5-7-24-42(40)53;/h1-30H;/q-2;. The smallest absolute Gasteiger partial charge is 0.523 e. The first-order valence-corrected chi connectivity index (χ1v) is 18.5. The minimum absolute atomic E-state index is 0. The summed E-state index contributed by atoms with van der Waals surface area (Å²) in [4.78, 5) is 6.72. The van der Waals surface area contributed by atoms with Gasteiger partial charge in [-0.05, 0) is 47.5 Å². The van der Waals surface area contributed by atoms with E-state index in [1.54, 1.807) is 6.20 Å². The van der Waals surface area contributed by atoms with Crippen molar-refractivity contribution in [3.63, 3.8) is 0 Å². The molecular formula is C48H30BN5O2Pt-2. The summed E-state index contributed by atoms with van der Waals surface area (Å²) in [5.74, 6) is 2.54. The summed E-state index contributed by atoms with van der Waals surface area (Å²) >= 11 is 0. The Kier molecular flexibility index (Phi) is 8.69. The van der Waals surface area contributed by atoms with E-state index >= 15 is 0 Å². The molecule has 3 aromatic heterocycles. The largest absolute Gasteiger partial charge is 0.535 e. The maximum absolute atomic E-state index is 6.49. The fourth-order valence-corrected chi connectivity index (χ4v) is 7.84. The Labute approximate surface area is 344 Å². The van der Waals surface area contributed by atoms with Gasteiger partial charge in [-0.1, -0.05) is 109 Å². The number of nitrogens with zero attached hydrogens (tertiary/aromatic N) is 5. The van der Waals surface area contributed by atoms with Crippen LogP contribution in [0.1, 0.15) is 0 Å². The monoisotopic (exact) mass is 914 g/mol. The van der Waals surface area contributed by atoms with Crippen LogP contribution in [0.15, 0.2) is 182 Å². The van der Waals surface area contributed by atoms with Gasteiger partial charge in [-0.25, -0.2) is 4.98 Å². The molecule has 0 saturated carbocycles. The number of ether oxygens (including phenoxy) is 1. The van der Waals surface area contributed by atoms with Gasteiger partial charge in [0.2, 0.25) is 0 Å². The van der Waals surface area contributed by atoms with Crippen LogP contribution in [0.5, 0.6) is 17.2 Å². The van der Waals surface area contributed by atoms with Crippen LogP contribution >= 0.6 is 0 Å².